The minimum Gasteiger partial charge on any atom is -0.409 e. The van der Waals surface area contributed by atoms with Crippen LogP contribution in [-0.4, -0.2) is 0 Å². The summed E-state index contributed by atoms with van der Waals surface area (Å²) in [5.74, 6) is 5.32. The van der Waals surface area contributed by atoms with Crippen molar-refractivity contribution < 1.29 is 4.84 Å². The molecule has 0 aromatic carbocycles. The van der Waals surface area contributed by atoms with Crippen LogP contribution < -0.4 is 11.6 Å². The van der Waals surface area contributed by atoms with Crippen molar-refractivity contribution in [3.05, 3.63) is 35.8 Å². The van der Waals surface area contributed by atoms with Crippen LogP contribution in [0.5, 0.6) is 0 Å². The molecule has 0 rings (SSSR count). The molecule has 0 heterocycles. The molecule has 3 heteroatoms. The van der Waals surface area contributed by atoms with E-state index in [0.717, 1.165) is 5.57 Å². The zero-order valence-corrected chi connectivity index (χ0v) is 6.92. The molecule has 3 nitrogen and oxygen atoms in total. The first-order chi connectivity index (χ1) is 5.11. The number of nitrogens with two attached hydrogens (primary N) is 2. The average molecular weight is 154 g/mol. The average Bonchev–Trinajstić information content (AvgIpc) is 1.88. The largest absolute Gasteiger partial charge is 0.409 e. The van der Waals surface area contributed by atoms with Crippen molar-refractivity contribution in [3.63, 3.8) is 0 Å². The van der Waals surface area contributed by atoms with E-state index >= 15 is 0 Å². The zero-order valence-electron chi connectivity index (χ0n) is 6.92. The molecular formula is C8H14N2O. The van der Waals surface area contributed by atoms with E-state index in [9.17, 15) is 0 Å². The highest BCUT2D eigenvalue weighted by atomic mass is 16.6. The quantitative estimate of drug-likeness (QED) is 0.365. The summed E-state index contributed by atoms with van der Waals surface area (Å²) >= 11 is 0. The van der Waals surface area contributed by atoms with Gasteiger partial charge in [0.25, 0.3) is 0 Å². The van der Waals surface area contributed by atoms with Gasteiger partial charge in [-0.05, 0) is 26.0 Å². The van der Waals surface area contributed by atoms with Crippen LogP contribution >= 0.6 is 0 Å². The lowest BCUT2D eigenvalue weighted by atomic mass is 10.2. The van der Waals surface area contributed by atoms with Gasteiger partial charge < -0.3 is 10.6 Å². The Morgan fingerprint density at radius 3 is 2.27 bits per heavy atom. The van der Waals surface area contributed by atoms with Gasteiger partial charge in [0.15, 0.2) is 5.76 Å². The maximum atomic E-state index is 5.57. The smallest absolute Gasteiger partial charge is 0.169 e. The third-order valence-corrected chi connectivity index (χ3v) is 1.04. The van der Waals surface area contributed by atoms with E-state index in [4.69, 9.17) is 11.6 Å². The normalized spacial score (nSPS) is 11.5. The highest BCUT2D eigenvalue weighted by Gasteiger charge is 1.95. The third kappa shape index (κ3) is 3.47. The molecule has 62 valence electrons. The van der Waals surface area contributed by atoms with Gasteiger partial charge in [-0.15, -0.1) is 0 Å². The molecule has 0 aliphatic heterocycles. The second-order valence-corrected chi connectivity index (χ2v) is 2.36. The standard InChI is InChI=1S/C8H14N2O/c1-4-8(11-10)7(9)5-6(2)3/h4-5H,1,9-10H2,2-3H3/b8-7-. The molecule has 0 aromatic heterocycles. The summed E-state index contributed by atoms with van der Waals surface area (Å²) in [5.41, 5.74) is 7.14. The maximum absolute atomic E-state index is 5.57. The fourth-order valence-electron chi connectivity index (χ4n) is 0.616. The van der Waals surface area contributed by atoms with Gasteiger partial charge in [0.1, 0.15) is 0 Å². The first kappa shape index (κ1) is 9.78. The second kappa shape index (κ2) is 4.57. The molecule has 0 bridgehead atoms. The minimum absolute atomic E-state index is 0.395. The Morgan fingerprint density at radius 2 is 2.00 bits per heavy atom. The predicted molar refractivity (Wildman–Crippen MR) is 46.1 cm³/mol. The number of allylic oxidation sites excluding steroid dienone is 3. The Balaban J connectivity index is 4.62. The Bertz CT molecular complexity index is 200. The van der Waals surface area contributed by atoms with Gasteiger partial charge in [0.2, 0.25) is 0 Å². The summed E-state index contributed by atoms with van der Waals surface area (Å²) in [7, 11) is 0. The van der Waals surface area contributed by atoms with Crippen molar-refractivity contribution >= 4 is 0 Å². The Labute approximate surface area is 67.0 Å². The van der Waals surface area contributed by atoms with Gasteiger partial charge in [-0.25, -0.2) is 0 Å². The van der Waals surface area contributed by atoms with Crippen LogP contribution in [0.3, 0.4) is 0 Å². The Kier molecular flexibility index (Phi) is 4.07. The summed E-state index contributed by atoms with van der Waals surface area (Å²) < 4.78 is 0. The van der Waals surface area contributed by atoms with E-state index < -0.39 is 0 Å². The van der Waals surface area contributed by atoms with E-state index in [2.05, 4.69) is 11.4 Å². The molecule has 0 fully saturated rings. The molecule has 0 spiro atoms. The second-order valence-electron chi connectivity index (χ2n) is 2.36. The van der Waals surface area contributed by atoms with Crippen LogP contribution in [0.2, 0.25) is 0 Å². The van der Waals surface area contributed by atoms with Gasteiger partial charge in [-0.1, -0.05) is 12.2 Å². The van der Waals surface area contributed by atoms with Crippen LogP contribution in [-0.2, 0) is 4.84 Å². The molecule has 0 amide bonds. The number of hydrogen-bond acceptors (Lipinski definition) is 3. The topological polar surface area (TPSA) is 61.3 Å². The summed E-state index contributed by atoms with van der Waals surface area (Å²) in [6.07, 6.45) is 3.23. The molecule has 0 saturated carbocycles. The molecule has 4 N–H and O–H groups in total. The highest BCUT2D eigenvalue weighted by Crippen LogP contribution is 2.03. The van der Waals surface area contributed by atoms with Crippen LogP contribution in [0.1, 0.15) is 13.8 Å². The van der Waals surface area contributed by atoms with Gasteiger partial charge in [-0.2, -0.15) is 5.90 Å². The van der Waals surface area contributed by atoms with Crippen molar-refractivity contribution in [1.82, 2.24) is 0 Å². The minimum atomic E-state index is 0.395. The van der Waals surface area contributed by atoms with Crippen molar-refractivity contribution in [2.45, 2.75) is 13.8 Å². The van der Waals surface area contributed by atoms with Crippen LogP contribution in [0.25, 0.3) is 0 Å². The summed E-state index contributed by atoms with van der Waals surface area (Å²) in [5, 5.41) is 0. The monoisotopic (exact) mass is 154 g/mol. The highest BCUT2D eigenvalue weighted by molar-refractivity contribution is 5.27. The van der Waals surface area contributed by atoms with Crippen molar-refractivity contribution in [3.8, 4) is 0 Å². The molecule has 0 unspecified atom stereocenters. The zero-order chi connectivity index (χ0) is 8.85. The molecular weight excluding hydrogens is 140 g/mol. The van der Waals surface area contributed by atoms with Gasteiger partial charge in [0.05, 0.1) is 5.70 Å². The van der Waals surface area contributed by atoms with Gasteiger partial charge >= 0.3 is 0 Å². The molecule has 0 aliphatic carbocycles. The van der Waals surface area contributed by atoms with Crippen LogP contribution in [0.15, 0.2) is 35.8 Å². The van der Waals surface area contributed by atoms with Crippen LogP contribution in [0.4, 0.5) is 0 Å². The number of rotatable bonds is 3. The van der Waals surface area contributed by atoms with Gasteiger partial charge in [0, 0.05) is 0 Å². The molecule has 0 aliphatic rings. The summed E-state index contributed by atoms with van der Waals surface area (Å²) in [6, 6.07) is 0. The summed E-state index contributed by atoms with van der Waals surface area (Å²) in [4.78, 5) is 4.45. The van der Waals surface area contributed by atoms with Crippen molar-refractivity contribution in [2.75, 3.05) is 0 Å². The van der Waals surface area contributed by atoms with E-state index in [-0.39, 0.29) is 0 Å². The molecule has 0 saturated heterocycles. The lowest BCUT2D eigenvalue weighted by Crippen LogP contribution is -2.05. The molecule has 0 atom stereocenters. The molecule has 11 heavy (non-hydrogen) atoms. The fraction of sp³-hybridized carbons (Fsp3) is 0.250. The van der Waals surface area contributed by atoms with Crippen molar-refractivity contribution in [1.29, 1.82) is 0 Å². The lowest BCUT2D eigenvalue weighted by molar-refractivity contribution is 0.231. The fourth-order valence-corrected chi connectivity index (χ4v) is 0.616. The summed E-state index contributed by atoms with van der Waals surface area (Å²) in [6.45, 7) is 7.36. The third-order valence-electron chi connectivity index (χ3n) is 1.04. The lowest BCUT2D eigenvalue weighted by Gasteiger charge is -2.01. The van der Waals surface area contributed by atoms with E-state index in [1.807, 2.05) is 13.8 Å². The molecule has 0 aromatic rings. The Morgan fingerprint density at radius 1 is 1.45 bits per heavy atom. The predicted octanol–water partition coefficient (Wildman–Crippen LogP) is 1.20. The van der Waals surface area contributed by atoms with Crippen molar-refractivity contribution in [2.24, 2.45) is 11.6 Å². The Hall–Kier alpha value is -1.22. The van der Waals surface area contributed by atoms with E-state index in [1.165, 1.54) is 6.08 Å². The molecule has 0 radical (unpaired) electrons. The van der Waals surface area contributed by atoms with E-state index in [0.29, 0.717) is 11.5 Å². The van der Waals surface area contributed by atoms with Crippen LogP contribution in [0, 0.1) is 0 Å². The maximum Gasteiger partial charge on any atom is 0.169 e. The SMILES string of the molecule is C=C/C(ON)=C(/N)C=C(C)C. The van der Waals surface area contributed by atoms with Gasteiger partial charge in [-0.3, -0.25) is 0 Å². The first-order valence-electron chi connectivity index (χ1n) is 3.25. The first-order valence-corrected chi connectivity index (χ1v) is 3.25. The number of hydrogen-bond donors (Lipinski definition) is 2. The van der Waals surface area contributed by atoms with E-state index in [1.54, 1.807) is 6.08 Å².